The van der Waals surface area contributed by atoms with Crippen LogP contribution in [0.3, 0.4) is 0 Å². The SMILES string of the molecule is CC(C)=CCC(C)CC=C(OC1CCCCO1)[C@H]1[C@@H]2CC(CCCCC(=O)O)=C[C@@H]2C[C@@H]1OC1CCCCO1. The Morgan fingerprint density at radius 2 is 1.77 bits per heavy atom. The van der Waals surface area contributed by atoms with E-state index in [1.807, 2.05) is 0 Å². The largest absolute Gasteiger partial charge is 0.481 e. The van der Waals surface area contributed by atoms with Crippen molar-refractivity contribution < 1.29 is 28.8 Å². The van der Waals surface area contributed by atoms with Gasteiger partial charge in [-0.05, 0) is 115 Å². The summed E-state index contributed by atoms with van der Waals surface area (Å²) in [6, 6.07) is 0. The van der Waals surface area contributed by atoms with Gasteiger partial charge in [0.05, 0.1) is 12.7 Å². The van der Waals surface area contributed by atoms with Crippen molar-refractivity contribution in [2.75, 3.05) is 13.2 Å². The molecular formula is C33H52O6. The van der Waals surface area contributed by atoms with Crippen LogP contribution in [-0.4, -0.2) is 43.0 Å². The van der Waals surface area contributed by atoms with Gasteiger partial charge in [-0.25, -0.2) is 0 Å². The number of carbonyl (C=O) groups is 1. The van der Waals surface area contributed by atoms with Gasteiger partial charge in [-0.15, -0.1) is 0 Å². The first-order valence-electron chi connectivity index (χ1n) is 15.7. The number of carboxylic acid groups (broad SMARTS) is 1. The predicted molar refractivity (Wildman–Crippen MR) is 153 cm³/mol. The van der Waals surface area contributed by atoms with Gasteiger partial charge in [0.15, 0.2) is 12.6 Å². The zero-order valence-corrected chi connectivity index (χ0v) is 24.6. The summed E-state index contributed by atoms with van der Waals surface area (Å²) in [5, 5.41) is 9.01. The van der Waals surface area contributed by atoms with E-state index in [0.717, 1.165) is 102 Å². The second-order valence-electron chi connectivity index (χ2n) is 12.6. The van der Waals surface area contributed by atoms with E-state index in [-0.39, 0.29) is 31.0 Å². The zero-order valence-electron chi connectivity index (χ0n) is 24.6. The first-order chi connectivity index (χ1) is 18.9. The lowest BCUT2D eigenvalue weighted by atomic mass is 9.86. The third-order valence-corrected chi connectivity index (χ3v) is 8.85. The minimum Gasteiger partial charge on any atom is -0.481 e. The molecule has 4 rings (SSSR count). The van der Waals surface area contributed by atoms with E-state index in [0.29, 0.717) is 17.8 Å². The molecule has 0 aromatic carbocycles. The summed E-state index contributed by atoms with van der Waals surface area (Å²) in [7, 11) is 0. The third kappa shape index (κ3) is 9.47. The smallest absolute Gasteiger partial charge is 0.303 e. The molecule has 1 N–H and O–H groups in total. The Balaban J connectivity index is 1.51. The molecule has 6 heteroatoms. The molecule has 0 bridgehead atoms. The summed E-state index contributed by atoms with van der Waals surface area (Å²) in [6.07, 6.45) is 20.4. The molecule has 220 valence electrons. The van der Waals surface area contributed by atoms with Gasteiger partial charge in [0.1, 0.15) is 5.76 Å². The highest BCUT2D eigenvalue weighted by molar-refractivity contribution is 5.66. The highest BCUT2D eigenvalue weighted by atomic mass is 16.7. The standard InChI is InChI=1S/C33H52O6/c1-23(2)14-15-24(3)16-17-28(38-31-12-6-8-18-36-31)33-27-21-25(10-4-5-11-30(34)35)20-26(27)22-29(33)39-32-13-7-9-19-37-32/h14,17,20,24,26-27,29,31-33H,4-13,15-16,18-19,21-22H2,1-3H3,(H,34,35)/t24?,26-,27-,29+,31?,32?,33-/m1/s1. The van der Waals surface area contributed by atoms with Crippen LogP contribution in [0.15, 0.2) is 35.1 Å². The van der Waals surface area contributed by atoms with Gasteiger partial charge < -0.3 is 24.1 Å². The minimum absolute atomic E-state index is 0.0795. The Labute approximate surface area is 236 Å². The molecule has 0 radical (unpaired) electrons. The minimum atomic E-state index is -0.701. The highest BCUT2D eigenvalue weighted by Gasteiger charge is 2.49. The molecule has 0 aromatic heterocycles. The maximum absolute atomic E-state index is 10.9. The Hall–Kier alpha value is -1.63. The Morgan fingerprint density at radius 1 is 1.05 bits per heavy atom. The first kappa shape index (κ1) is 30.3. The molecule has 7 atom stereocenters. The van der Waals surface area contributed by atoms with Crippen molar-refractivity contribution in [2.24, 2.45) is 23.7 Å². The molecule has 3 unspecified atom stereocenters. The monoisotopic (exact) mass is 544 g/mol. The van der Waals surface area contributed by atoms with Crippen LogP contribution < -0.4 is 0 Å². The molecule has 1 saturated carbocycles. The van der Waals surface area contributed by atoms with E-state index >= 15 is 0 Å². The van der Waals surface area contributed by atoms with Crippen LogP contribution in [0.25, 0.3) is 0 Å². The van der Waals surface area contributed by atoms with Crippen LogP contribution in [0.5, 0.6) is 0 Å². The van der Waals surface area contributed by atoms with Gasteiger partial charge in [-0.2, -0.15) is 0 Å². The van der Waals surface area contributed by atoms with Crippen molar-refractivity contribution in [3.63, 3.8) is 0 Å². The van der Waals surface area contributed by atoms with E-state index in [2.05, 4.69) is 39.0 Å². The summed E-state index contributed by atoms with van der Waals surface area (Å²) in [4.78, 5) is 10.9. The third-order valence-electron chi connectivity index (χ3n) is 8.85. The second kappa shape index (κ2) is 15.4. The van der Waals surface area contributed by atoms with Crippen LogP contribution in [0.4, 0.5) is 0 Å². The molecule has 2 aliphatic carbocycles. The lowest BCUT2D eigenvalue weighted by Crippen LogP contribution is -2.34. The molecule has 39 heavy (non-hydrogen) atoms. The molecular weight excluding hydrogens is 492 g/mol. The number of carboxylic acids is 1. The summed E-state index contributed by atoms with van der Waals surface area (Å²) in [5.41, 5.74) is 2.85. The van der Waals surface area contributed by atoms with E-state index in [4.69, 9.17) is 24.1 Å². The number of fused-ring (bicyclic) bond motifs is 1. The average molecular weight is 545 g/mol. The van der Waals surface area contributed by atoms with Gasteiger partial charge >= 0.3 is 5.97 Å². The van der Waals surface area contributed by atoms with Crippen LogP contribution >= 0.6 is 0 Å². The van der Waals surface area contributed by atoms with Gasteiger partial charge in [0, 0.05) is 25.4 Å². The topological polar surface area (TPSA) is 74.2 Å². The molecule has 3 fully saturated rings. The summed E-state index contributed by atoms with van der Waals surface area (Å²) >= 11 is 0. The number of hydrogen-bond acceptors (Lipinski definition) is 5. The number of hydrogen-bond donors (Lipinski definition) is 1. The average Bonchev–Trinajstić information content (AvgIpc) is 3.46. The number of unbranched alkanes of at least 4 members (excludes halogenated alkanes) is 1. The Bertz CT molecular complexity index is 859. The summed E-state index contributed by atoms with van der Waals surface area (Å²) in [5.74, 6) is 2.02. The van der Waals surface area contributed by atoms with Crippen molar-refractivity contribution >= 4 is 5.97 Å². The van der Waals surface area contributed by atoms with E-state index in [9.17, 15) is 4.79 Å². The number of allylic oxidation sites excluding steroid dienone is 5. The van der Waals surface area contributed by atoms with Crippen LogP contribution in [0.1, 0.15) is 111 Å². The van der Waals surface area contributed by atoms with Crippen molar-refractivity contribution in [2.45, 2.75) is 129 Å². The van der Waals surface area contributed by atoms with Gasteiger partial charge in [0.2, 0.25) is 0 Å². The fraction of sp³-hybridized carbons (Fsp3) is 0.788. The quantitative estimate of drug-likeness (QED) is 0.136. The summed E-state index contributed by atoms with van der Waals surface area (Å²) in [6.45, 7) is 8.20. The van der Waals surface area contributed by atoms with E-state index in [1.54, 1.807) is 0 Å². The van der Waals surface area contributed by atoms with Crippen molar-refractivity contribution in [1.29, 1.82) is 0 Å². The molecule has 0 spiro atoms. The van der Waals surface area contributed by atoms with Crippen molar-refractivity contribution in [1.82, 2.24) is 0 Å². The molecule has 2 saturated heterocycles. The van der Waals surface area contributed by atoms with E-state index < -0.39 is 5.97 Å². The van der Waals surface area contributed by atoms with Crippen LogP contribution in [0.2, 0.25) is 0 Å². The molecule has 0 aromatic rings. The van der Waals surface area contributed by atoms with Crippen molar-refractivity contribution in [3.8, 4) is 0 Å². The van der Waals surface area contributed by atoms with Crippen LogP contribution in [0, 0.1) is 23.7 Å². The molecule has 6 nitrogen and oxygen atoms in total. The number of ether oxygens (including phenoxy) is 4. The molecule has 2 heterocycles. The maximum Gasteiger partial charge on any atom is 0.303 e. The summed E-state index contributed by atoms with van der Waals surface area (Å²) < 4.78 is 25.6. The molecule has 0 amide bonds. The Morgan fingerprint density at radius 3 is 2.44 bits per heavy atom. The normalized spacial score (nSPS) is 31.9. The van der Waals surface area contributed by atoms with Gasteiger partial charge in [-0.3, -0.25) is 4.79 Å². The Kier molecular flexibility index (Phi) is 12.0. The molecule has 4 aliphatic rings. The predicted octanol–water partition coefficient (Wildman–Crippen LogP) is 7.94. The molecule has 2 aliphatic heterocycles. The fourth-order valence-corrected chi connectivity index (χ4v) is 6.71. The van der Waals surface area contributed by atoms with E-state index in [1.165, 1.54) is 11.1 Å². The maximum atomic E-state index is 10.9. The second-order valence-corrected chi connectivity index (χ2v) is 12.6. The van der Waals surface area contributed by atoms with Crippen LogP contribution in [-0.2, 0) is 23.7 Å². The van der Waals surface area contributed by atoms with Crippen molar-refractivity contribution in [3.05, 3.63) is 35.1 Å². The zero-order chi connectivity index (χ0) is 27.6. The lowest BCUT2D eigenvalue weighted by Gasteiger charge is -2.34. The lowest BCUT2D eigenvalue weighted by molar-refractivity contribution is -0.201. The number of aliphatic carboxylic acids is 1. The first-order valence-corrected chi connectivity index (χ1v) is 15.7. The van der Waals surface area contributed by atoms with Gasteiger partial charge in [-0.1, -0.05) is 30.2 Å². The highest BCUT2D eigenvalue weighted by Crippen LogP contribution is 2.52. The van der Waals surface area contributed by atoms with Gasteiger partial charge in [0.25, 0.3) is 0 Å². The number of rotatable bonds is 14. The fourth-order valence-electron chi connectivity index (χ4n) is 6.71.